The molecule has 4 heteroatoms. The van der Waals surface area contributed by atoms with Gasteiger partial charge in [-0.25, -0.2) is 0 Å². The second-order valence-electron chi connectivity index (χ2n) is 6.66. The first-order valence-corrected chi connectivity index (χ1v) is 8.06. The molecule has 0 saturated heterocycles. The second-order valence-corrected chi connectivity index (χ2v) is 6.66. The van der Waals surface area contributed by atoms with Crippen molar-refractivity contribution in [3.8, 4) is 5.75 Å². The first-order chi connectivity index (χ1) is 11.4. The van der Waals surface area contributed by atoms with Gasteiger partial charge in [-0.1, -0.05) is 36.7 Å². The normalized spacial score (nSPS) is 18.7. The molecule has 1 aliphatic heterocycles. The van der Waals surface area contributed by atoms with Crippen LogP contribution >= 0.6 is 0 Å². The number of benzene rings is 2. The molecule has 2 aromatic rings. The van der Waals surface area contributed by atoms with Gasteiger partial charge in [0.1, 0.15) is 5.75 Å². The third-order valence-corrected chi connectivity index (χ3v) is 4.85. The summed E-state index contributed by atoms with van der Waals surface area (Å²) in [6, 6.07) is 16.4. The average Bonchev–Trinajstić information content (AvgIpc) is 2.80. The van der Waals surface area contributed by atoms with Crippen LogP contribution in [0.3, 0.4) is 0 Å². The summed E-state index contributed by atoms with van der Waals surface area (Å²) >= 11 is 0. The highest BCUT2D eigenvalue weighted by molar-refractivity contribution is 5.79. The Labute approximate surface area is 143 Å². The van der Waals surface area contributed by atoms with Crippen molar-refractivity contribution in [2.45, 2.75) is 25.3 Å². The minimum absolute atomic E-state index is 0.00437. The Bertz CT molecular complexity index is 778. The van der Waals surface area contributed by atoms with Gasteiger partial charge in [0.05, 0.1) is 19.4 Å². The number of ether oxygens (including phenoxy) is 1. The SMILES string of the molecule is C=[N+](/N=C\C1N(C)c2ccccc2C1(C)C)c1ccc(OC)cc1. The van der Waals surface area contributed by atoms with E-state index < -0.39 is 0 Å². The molecular formula is C20H24N3O+. The monoisotopic (exact) mass is 322 g/mol. The summed E-state index contributed by atoms with van der Waals surface area (Å²) < 4.78 is 6.83. The molecule has 24 heavy (non-hydrogen) atoms. The van der Waals surface area contributed by atoms with E-state index in [1.54, 1.807) is 11.8 Å². The van der Waals surface area contributed by atoms with Crippen LogP contribution in [0.15, 0.2) is 53.6 Å². The van der Waals surface area contributed by atoms with Crippen LogP contribution < -0.4 is 9.64 Å². The molecule has 1 aliphatic rings. The molecule has 0 aromatic heterocycles. The van der Waals surface area contributed by atoms with Crippen molar-refractivity contribution in [2.75, 3.05) is 19.1 Å². The number of nitrogens with zero attached hydrogens (tertiary/aromatic N) is 3. The molecular weight excluding hydrogens is 298 g/mol. The van der Waals surface area contributed by atoms with Crippen molar-refractivity contribution in [3.05, 3.63) is 54.1 Å². The molecule has 0 saturated carbocycles. The van der Waals surface area contributed by atoms with Gasteiger partial charge >= 0.3 is 0 Å². The molecule has 0 amide bonds. The largest absolute Gasteiger partial charge is 0.497 e. The van der Waals surface area contributed by atoms with Crippen molar-refractivity contribution in [1.29, 1.82) is 0 Å². The van der Waals surface area contributed by atoms with Crippen LogP contribution in [0.25, 0.3) is 0 Å². The van der Waals surface area contributed by atoms with Crippen molar-refractivity contribution in [2.24, 2.45) is 5.10 Å². The summed E-state index contributed by atoms with van der Waals surface area (Å²) in [5, 5.41) is 4.58. The van der Waals surface area contributed by atoms with Gasteiger partial charge in [-0.2, -0.15) is 0 Å². The first kappa shape index (κ1) is 16.2. The summed E-state index contributed by atoms with van der Waals surface area (Å²) in [6.07, 6.45) is 1.98. The number of fused-ring (bicyclic) bond motifs is 1. The highest BCUT2D eigenvalue weighted by atomic mass is 16.5. The van der Waals surface area contributed by atoms with Crippen LogP contribution in [0.2, 0.25) is 0 Å². The van der Waals surface area contributed by atoms with E-state index in [-0.39, 0.29) is 11.5 Å². The summed E-state index contributed by atoms with van der Waals surface area (Å²) in [6.45, 7) is 8.54. The van der Waals surface area contributed by atoms with Gasteiger partial charge in [-0.15, -0.1) is 0 Å². The summed E-state index contributed by atoms with van der Waals surface area (Å²) in [7, 11) is 3.77. The Kier molecular flexibility index (Phi) is 4.14. The van der Waals surface area contributed by atoms with Crippen LogP contribution in [-0.4, -0.2) is 37.8 Å². The fourth-order valence-electron chi connectivity index (χ4n) is 3.37. The zero-order chi connectivity index (χ0) is 17.3. The first-order valence-electron chi connectivity index (χ1n) is 8.06. The number of likely N-dealkylation sites (N-methyl/N-ethyl adjacent to an activating group) is 1. The predicted molar refractivity (Wildman–Crippen MR) is 100 cm³/mol. The summed E-state index contributed by atoms with van der Waals surface area (Å²) in [4.78, 5) is 2.28. The van der Waals surface area contributed by atoms with E-state index >= 15 is 0 Å². The zero-order valence-electron chi connectivity index (χ0n) is 14.7. The highest BCUT2D eigenvalue weighted by Gasteiger charge is 2.42. The lowest BCUT2D eigenvalue weighted by molar-refractivity contribution is -0.435. The van der Waals surface area contributed by atoms with E-state index in [2.05, 4.69) is 61.9 Å². The molecule has 0 N–H and O–H groups in total. The summed E-state index contributed by atoms with van der Waals surface area (Å²) in [5.74, 6) is 0.822. The van der Waals surface area contributed by atoms with E-state index in [9.17, 15) is 0 Å². The lowest BCUT2D eigenvalue weighted by atomic mass is 9.81. The number of anilines is 1. The summed E-state index contributed by atoms with van der Waals surface area (Å²) in [5.41, 5.74) is 3.53. The van der Waals surface area contributed by atoms with Crippen LogP contribution in [0, 0.1) is 0 Å². The highest BCUT2D eigenvalue weighted by Crippen LogP contribution is 2.43. The van der Waals surface area contributed by atoms with Crippen LogP contribution in [0.1, 0.15) is 19.4 Å². The smallest absolute Gasteiger partial charge is 0.237 e. The molecule has 1 unspecified atom stereocenters. The van der Waals surface area contributed by atoms with Gasteiger partial charge in [-0.3, -0.25) is 0 Å². The lowest BCUT2D eigenvalue weighted by Gasteiger charge is -2.28. The molecule has 4 nitrogen and oxygen atoms in total. The predicted octanol–water partition coefficient (Wildman–Crippen LogP) is 3.82. The Balaban J connectivity index is 1.82. The molecule has 0 bridgehead atoms. The molecule has 0 fully saturated rings. The standard InChI is InChI=1S/C20H24N3O/c1-20(2)17-8-6-7-9-18(17)22(3)19(20)14-21-23(4)15-10-12-16(24-5)13-11-15/h6-14,19H,4H2,1-3,5H3/q+1/b21-14-. The third kappa shape index (κ3) is 2.68. The second kappa shape index (κ2) is 6.11. The number of hydrogen-bond acceptors (Lipinski definition) is 3. The Hall–Kier alpha value is -2.62. The topological polar surface area (TPSA) is 27.8 Å². The number of rotatable bonds is 4. The average molecular weight is 322 g/mol. The molecule has 2 aromatic carbocycles. The fourth-order valence-corrected chi connectivity index (χ4v) is 3.37. The van der Waals surface area contributed by atoms with E-state index in [0.29, 0.717) is 0 Å². The minimum Gasteiger partial charge on any atom is -0.497 e. The van der Waals surface area contributed by atoms with Gasteiger partial charge in [0, 0.05) is 30.3 Å². The molecule has 1 heterocycles. The number of hydrogen-bond donors (Lipinski definition) is 0. The zero-order valence-corrected chi connectivity index (χ0v) is 14.7. The molecule has 3 rings (SSSR count). The Morgan fingerprint density at radius 3 is 2.46 bits per heavy atom. The van der Waals surface area contributed by atoms with Gasteiger partial charge in [0.2, 0.25) is 5.69 Å². The van der Waals surface area contributed by atoms with E-state index in [1.165, 1.54) is 11.3 Å². The maximum absolute atomic E-state index is 5.18. The van der Waals surface area contributed by atoms with Gasteiger partial charge in [0.25, 0.3) is 0 Å². The van der Waals surface area contributed by atoms with Crippen LogP contribution in [0.4, 0.5) is 11.4 Å². The Morgan fingerprint density at radius 2 is 1.83 bits per heavy atom. The lowest BCUT2D eigenvalue weighted by Crippen LogP contribution is -2.40. The number of hydrazone groups is 1. The molecule has 0 radical (unpaired) electrons. The quantitative estimate of drug-likeness (QED) is 0.486. The van der Waals surface area contributed by atoms with Crippen molar-refractivity contribution >= 4 is 24.3 Å². The van der Waals surface area contributed by atoms with Crippen molar-refractivity contribution < 1.29 is 9.42 Å². The maximum Gasteiger partial charge on any atom is 0.237 e. The Morgan fingerprint density at radius 1 is 1.17 bits per heavy atom. The van der Waals surface area contributed by atoms with E-state index in [4.69, 9.17) is 4.74 Å². The molecule has 0 aliphatic carbocycles. The van der Waals surface area contributed by atoms with Gasteiger partial charge < -0.3 is 9.64 Å². The van der Waals surface area contributed by atoms with Crippen molar-refractivity contribution in [3.63, 3.8) is 0 Å². The van der Waals surface area contributed by atoms with Gasteiger partial charge in [-0.05, 0) is 28.9 Å². The number of methoxy groups -OCH3 is 1. The van der Waals surface area contributed by atoms with Crippen LogP contribution in [-0.2, 0) is 5.41 Å². The third-order valence-electron chi connectivity index (χ3n) is 4.85. The molecule has 124 valence electrons. The van der Waals surface area contributed by atoms with E-state index in [0.717, 1.165) is 11.4 Å². The minimum atomic E-state index is -0.00437. The fraction of sp³-hybridized carbons (Fsp3) is 0.300. The molecule has 1 atom stereocenters. The molecule has 0 spiro atoms. The van der Waals surface area contributed by atoms with Gasteiger partial charge in [0.15, 0.2) is 6.72 Å². The van der Waals surface area contributed by atoms with Crippen LogP contribution in [0.5, 0.6) is 5.75 Å². The maximum atomic E-state index is 5.18. The van der Waals surface area contributed by atoms with E-state index in [1.807, 2.05) is 30.5 Å². The van der Waals surface area contributed by atoms with Crippen molar-refractivity contribution in [1.82, 2.24) is 0 Å². The number of para-hydroxylation sites is 1.